The third-order valence-electron chi connectivity index (χ3n) is 5.02. The summed E-state index contributed by atoms with van der Waals surface area (Å²) in [7, 11) is 0. The first kappa shape index (κ1) is 16.3. The Hall–Kier alpha value is -2.18. The fourth-order valence-electron chi connectivity index (χ4n) is 3.88. The standard InChI is InChI=1S/C19H23N3O3/c23-18(17-5-2-10-24-17)22-8-3-6-19(15-22)14-21(9-11-25-19)13-16-4-1-7-20-12-16/h1-2,4-5,7,10,12H,3,6,8-9,11,13-15H2/t19-/m1/s1. The van der Waals surface area contributed by atoms with Crippen LogP contribution >= 0.6 is 0 Å². The topological polar surface area (TPSA) is 58.8 Å². The molecular formula is C19H23N3O3. The Morgan fingerprint density at radius 3 is 3.00 bits per heavy atom. The van der Waals surface area contributed by atoms with Crippen LogP contribution in [-0.4, -0.2) is 59.1 Å². The number of hydrogen-bond donors (Lipinski definition) is 0. The number of likely N-dealkylation sites (tertiary alicyclic amines) is 1. The fraction of sp³-hybridized carbons (Fsp3) is 0.474. The van der Waals surface area contributed by atoms with Crippen LogP contribution in [0.4, 0.5) is 0 Å². The second-order valence-electron chi connectivity index (χ2n) is 6.91. The zero-order valence-corrected chi connectivity index (χ0v) is 14.3. The minimum absolute atomic E-state index is 0.0444. The smallest absolute Gasteiger partial charge is 0.289 e. The molecule has 6 heteroatoms. The number of furan rings is 1. The van der Waals surface area contributed by atoms with Crippen LogP contribution < -0.4 is 0 Å². The third-order valence-corrected chi connectivity index (χ3v) is 5.02. The van der Waals surface area contributed by atoms with Crippen molar-refractivity contribution in [2.75, 3.05) is 32.8 Å². The molecule has 4 rings (SSSR count). The lowest BCUT2D eigenvalue weighted by Gasteiger charge is -2.48. The molecule has 6 nitrogen and oxygen atoms in total. The van der Waals surface area contributed by atoms with E-state index in [2.05, 4.69) is 16.0 Å². The Morgan fingerprint density at radius 2 is 2.20 bits per heavy atom. The molecule has 25 heavy (non-hydrogen) atoms. The van der Waals surface area contributed by atoms with Crippen LogP contribution in [-0.2, 0) is 11.3 Å². The first-order valence-electron chi connectivity index (χ1n) is 8.82. The van der Waals surface area contributed by atoms with Gasteiger partial charge in [-0.2, -0.15) is 0 Å². The van der Waals surface area contributed by atoms with Crippen LogP contribution in [0, 0.1) is 0 Å². The highest BCUT2D eigenvalue weighted by molar-refractivity contribution is 5.91. The van der Waals surface area contributed by atoms with Gasteiger partial charge in [0.25, 0.3) is 5.91 Å². The molecule has 0 saturated carbocycles. The first-order valence-corrected chi connectivity index (χ1v) is 8.82. The Labute approximate surface area is 147 Å². The maximum atomic E-state index is 12.6. The molecule has 0 aliphatic carbocycles. The predicted octanol–water partition coefficient (Wildman–Crippen LogP) is 2.18. The lowest BCUT2D eigenvalue weighted by molar-refractivity contribution is -0.136. The highest BCUT2D eigenvalue weighted by atomic mass is 16.5. The van der Waals surface area contributed by atoms with Crippen molar-refractivity contribution in [3.63, 3.8) is 0 Å². The van der Waals surface area contributed by atoms with E-state index in [9.17, 15) is 4.79 Å². The van der Waals surface area contributed by atoms with Crippen LogP contribution in [0.5, 0.6) is 0 Å². The van der Waals surface area contributed by atoms with Crippen molar-refractivity contribution in [3.8, 4) is 0 Å². The maximum absolute atomic E-state index is 12.6. The lowest BCUT2D eigenvalue weighted by Crippen LogP contribution is -2.60. The number of carbonyl (C=O) groups excluding carboxylic acids is 1. The number of aromatic nitrogens is 1. The molecule has 2 aliphatic heterocycles. The minimum atomic E-state index is -0.277. The number of rotatable bonds is 3. The molecule has 2 aliphatic rings. The summed E-state index contributed by atoms with van der Waals surface area (Å²) in [6.45, 7) is 4.68. The summed E-state index contributed by atoms with van der Waals surface area (Å²) < 4.78 is 11.5. The van der Waals surface area contributed by atoms with E-state index in [1.165, 1.54) is 5.56 Å². The van der Waals surface area contributed by atoms with E-state index < -0.39 is 0 Å². The van der Waals surface area contributed by atoms with Crippen molar-refractivity contribution in [2.24, 2.45) is 0 Å². The van der Waals surface area contributed by atoms with Gasteiger partial charge in [0.15, 0.2) is 5.76 Å². The molecule has 2 aromatic heterocycles. The molecule has 2 fully saturated rings. The Morgan fingerprint density at radius 1 is 1.24 bits per heavy atom. The molecule has 1 amide bonds. The van der Waals surface area contributed by atoms with Crippen molar-refractivity contribution in [1.29, 1.82) is 0 Å². The van der Waals surface area contributed by atoms with E-state index in [1.807, 2.05) is 17.2 Å². The van der Waals surface area contributed by atoms with Crippen molar-refractivity contribution < 1.29 is 13.9 Å². The summed E-state index contributed by atoms with van der Waals surface area (Å²) in [6.07, 6.45) is 7.19. The van der Waals surface area contributed by atoms with Gasteiger partial charge in [-0.1, -0.05) is 6.07 Å². The highest BCUT2D eigenvalue weighted by Crippen LogP contribution is 2.30. The van der Waals surface area contributed by atoms with Crippen LogP contribution in [0.2, 0.25) is 0 Å². The molecule has 2 saturated heterocycles. The van der Waals surface area contributed by atoms with Crippen LogP contribution in [0.3, 0.4) is 0 Å². The number of ether oxygens (including phenoxy) is 1. The minimum Gasteiger partial charge on any atom is -0.459 e. The van der Waals surface area contributed by atoms with E-state index in [1.54, 1.807) is 24.6 Å². The molecule has 1 spiro atoms. The third kappa shape index (κ3) is 3.60. The summed E-state index contributed by atoms with van der Waals surface area (Å²) in [6, 6.07) is 7.54. The average Bonchev–Trinajstić information content (AvgIpc) is 3.17. The van der Waals surface area contributed by atoms with Gasteiger partial charge in [-0.05, 0) is 36.6 Å². The molecule has 0 bridgehead atoms. The van der Waals surface area contributed by atoms with E-state index in [-0.39, 0.29) is 11.5 Å². The van der Waals surface area contributed by atoms with E-state index >= 15 is 0 Å². The number of morpholine rings is 1. The van der Waals surface area contributed by atoms with Gasteiger partial charge in [-0.15, -0.1) is 0 Å². The van der Waals surface area contributed by atoms with Crippen molar-refractivity contribution in [3.05, 3.63) is 54.2 Å². The normalized spacial score (nSPS) is 24.6. The SMILES string of the molecule is O=C(c1ccco1)N1CCC[C@@]2(CN(Cc3cccnc3)CCO2)C1. The average molecular weight is 341 g/mol. The summed E-state index contributed by atoms with van der Waals surface area (Å²) in [4.78, 5) is 21.1. The summed E-state index contributed by atoms with van der Waals surface area (Å²) in [5.41, 5.74) is 0.930. The molecule has 1 atom stereocenters. The summed E-state index contributed by atoms with van der Waals surface area (Å²) in [5.74, 6) is 0.358. The van der Waals surface area contributed by atoms with Crippen molar-refractivity contribution >= 4 is 5.91 Å². The largest absolute Gasteiger partial charge is 0.459 e. The Balaban J connectivity index is 1.44. The number of piperidine rings is 1. The van der Waals surface area contributed by atoms with Gasteiger partial charge in [0.05, 0.1) is 25.0 Å². The first-order chi connectivity index (χ1) is 12.2. The molecule has 0 aromatic carbocycles. The van der Waals surface area contributed by atoms with Gasteiger partial charge in [0.1, 0.15) is 0 Å². The van der Waals surface area contributed by atoms with Crippen LogP contribution in [0.25, 0.3) is 0 Å². The van der Waals surface area contributed by atoms with Gasteiger partial charge in [-0.3, -0.25) is 14.7 Å². The number of pyridine rings is 1. The molecule has 0 N–H and O–H groups in total. The molecule has 0 unspecified atom stereocenters. The van der Waals surface area contributed by atoms with Gasteiger partial charge < -0.3 is 14.1 Å². The quantitative estimate of drug-likeness (QED) is 0.856. The number of carbonyl (C=O) groups is 1. The lowest BCUT2D eigenvalue weighted by atomic mass is 9.90. The van der Waals surface area contributed by atoms with Gasteiger partial charge in [0.2, 0.25) is 0 Å². The second kappa shape index (κ2) is 6.98. The van der Waals surface area contributed by atoms with E-state index in [0.717, 1.165) is 39.0 Å². The maximum Gasteiger partial charge on any atom is 0.289 e. The number of hydrogen-bond acceptors (Lipinski definition) is 5. The molecule has 2 aromatic rings. The monoisotopic (exact) mass is 341 g/mol. The number of amides is 1. The van der Waals surface area contributed by atoms with Gasteiger partial charge in [0, 0.05) is 38.6 Å². The fourth-order valence-corrected chi connectivity index (χ4v) is 3.88. The summed E-state index contributed by atoms with van der Waals surface area (Å²) >= 11 is 0. The molecule has 0 radical (unpaired) electrons. The zero-order valence-electron chi connectivity index (χ0n) is 14.3. The molecule has 132 valence electrons. The molecule has 4 heterocycles. The van der Waals surface area contributed by atoms with E-state index in [4.69, 9.17) is 9.15 Å². The zero-order chi connectivity index (χ0) is 17.1. The Kier molecular flexibility index (Phi) is 4.55. The van der Waals surface area contributed by atoms with Crippen LogP contribution in [0.1, 0.15) is 29.0 Å². The van der Waals surface area contributed by atoms with Gasteiger partial charge >= 0.3 is 0 Å². The highest BCUT2D eigenvalue weighted by Gasteiger charge is 2.42. The second-order valence-corrected chi connectivity index (χ2v) is 6.91. The molecular weight excluding hydrogens is 318 g/mol. The van der Waals surface area contributed by atoms with Crippen LogP contribution in [0.15, 0.2) is 47.3 Å². The Bertz CT molecular complexity index is 700. The van der Waals surface area contributed by atoms with Gasteiger partial charge in [-0.25, -0.2) is 0 Å². The van der Waals surface area contributed by atoms with E-state index in [0.29, 0.717) is 18.9 Å². The summed E-state index contributed by atoms with van der Waals surface area (Å²) in [5, 5.41) is 0. The predicted molar refractivity (Wildman–Crippen MR) is 92.0 cm³/mol. The number of nitrogens with zero attached hydrogens (tertiary/aromatic N) is 3. The van der Waals surface area contributed by atoms with Crippen molar-refractivity contribution in [1.82, 2.24) is 14.8 Å². The van der Waals surface area contributed by atoms with Crippen molar-refractivity contribution in [2.45, 2.75) is 25.0 Å².